The number of amides is 1. The topological polar surface area (TPSA) is 88.4 Å². The number of allylic oxidation sites excluding steroid dienone is 3. The number of carbonyl (C=O) groups excluding carboxylic acids is 2. The first kappa shape index (κ1) is 27.2. The molecule has 37 heavy (non-hydrogen) atoms. The third-order valence-electron chi connectivity index (χ3n) is 7.48. The zero-order valence-electron chi connectivity index (χ0n) is 21.6. The van der Waals surface area contributed by atoms with Crippen molar-refractivity contribution < 1.29 is 24.3 Å². The molecule has 200 valence electrons. The maximum absolute atomic E-state index is 13.3. The van der Waals surface area contributed by atoms with Crippen LogP contribution in [0.1, 0.15) is 85.7 Å². The molecule has 0 aromatic heterocycles. The third kappa shape index (κ3) is 7.16. The van der Waals surface area contributed by atoms with Crippen LogP contribution in [0.4, 0.5) is 0 Å². The van der Waals surface area contributed by atoms with Gasteiger partial charge >= 0.3 is 5.97 Å². The van der Waals surface area contributed by atoms with Gasteiger partial charge in [-0.1, -0.05) is 48.3 Å². The summed E-state index contributed by atoms with van der Waals surface area (Å²) in [5.74, 6) is 0.229. The summed E-state index contributed by atoms with van der Waals surface area (Å²) in [6.45, 7) is 3.80. The molecular weight excluding hydrogens is 492 g/mol. The Bertz CT molecular complexity index is 1070. The second-order valence-corrected chi connectivity index (χ2v) is 10.6. The number of halogens is 1. The molecule has 1 saturated heterocycles. The van der Waals surface area contributed by atoms with E-state index < -0.39 is 5.97 Å². The number of nitrogens with zero attached hydrogens (tertiary/aromatic N) is 2. The van der Waals surface area contributed by atoms with Crippen molar-refractivity contribution in [3.63, 3.8) is 0 Å². The van der Waals surface area contributed by atoms with Crippen molar-refractivity contribution in [2.24, 2.45) is 11.1 Å². The highest BCUT2D eigenvalue weighted by molar-refractivity contribution is 6.33. The Balaban J connectivity index is 1.61. The molecule has 0 radical (unpaired) electrons. The summed E-state index contributed by atoms with van der Waals surface area (Å²) in [6.07, 6.45) is 15.3. The maximum atomic E-state index is 13.3. The summed E-state index contributed by atoms with van der Waals surface area (Å²) in [5.41, 5.74) is 2.18. The van der Waals surface area contributed by atoms with Crippen molar-refractivity contribution in [2.75, 3.05) is 26.3 Å². The van der Waals surface area contributed by atoms with Gasteiger partial charge in [0.05, 0.1) is 22.9 Å². The van der Waals surface area contributed by atoms with E-state index in [4.69, 9.17) is 21.2 Å². The molecule has 2 heterocycles. The minimum Gasteiger partial charge on any atom is -0.506 e. The van der Waals surface area contributed by atoms with E-state index in [0.717, 1.165) is 63.6 Å². The molecule has 7 nitrogen and oxygen atoms in total. The van der Waals surface area contributed by atoms with E-state index in [-0.39, 0.29) is 42.2 Å². The van der Waals surface area contributed by atoms with Crippen LogP contribution in [0.5, 0.6) is 5.75 Å². The van der Waals surface area contributed by atoms with Crippen LogP contribution in [0, 0.1) is 5.92 Å². The largest absolute Gasteiger partial charge is 0.506 e. The monoisotopic (exact) mass is 528 g/mol. The number of cyclic esters (lactones) is 1. The number of fused-ring (bicyclic) bond motifs is 1. The number of benzene rings is 1. The molecule has 1 N–H and O–H groups in total. The Morgan fingerprint density at radius 3 is 2.62 bits per heavy atom. The minimum absolute atomic E-state index is 0.0575. The van der Waals surface area contributed by atoms with E-state index in [1.807, 2.05) is 23.1 Å². The molecule has 2 aliphatic heterocycles. The molecule has 2 fully saturated rings. The predicted octanol–water partition coefficient (Wildman–Crippen LogP) is 5.94. The summed E-state index contributed by atoms with van der Waals surface area (Å²) in [5, 5.41) is 15.0. The number of likely N-dealkylation sites (tertiary alicyclic amines) is 1. The van der Waals surface area contributed by atoms with Gasteiger partial charge in [0.1, 0.15) is 5.75 Å². The fraction of sp³-hybridized carbons (Fsp3) is 0.552. The highest BCUT2D eigenvalue weighted by Crippen LogP contribution is 2.43. The third-order valence-corrected chi connectivity index (χ3v) is 7.90. The first-order valence-corrected chi connectivity index (χ1v) is 13.8. The Kier molecular flexibility index (Phi) is 9.67. The average molecular weight is 529 g/mol. The highest BCUT2D eigenvalue weighted by atomic mass is 35.5. The normalized spacial score (nSPS) is 22.9. The molecule has 1 aliphatic carbocycles. The Hall–Kier alpha value is -2.80. The number of hydrogen-bond donors (Lipinski definition) is 1. The van der Waals surface area contributed by atoms with E-state index in [2.05, 4.69) is 18.2 Å². The molecular formula is C29H37ClN2O5. The van der Waals surface area contributed by atoms with Crippen molar-refractivity contribution in [3.8, 4) is 5.75 Å². The van der Waals surface area contributed by atoms with Gasteiger partial charge < -0.3 is 19.6 Å². The molecule has 8 heteroatoms. The fourth-order valence-electron chi connectivity index (χ4n) is 4.93. The number of oxime groups is 1. The SMILES string of the molecule is CC1CCN(C(=O)CO/N=C2/C=C/CC/C=C/CCOC(=O)c3c(C4CCC4)cc(O)c(Cl)c3C2)CC1. The van der Waals surface area contributed by atoms with Crippen molar-refractivity contribution in [2.45, 2.75) is 70.6 Å². The molecule has 0 unspecified atom stereocenters. The van der Waals surface area contributed by atoms with Gasteiger partial charge in [0.25, 0.3) is 5.91 Å². The fourth-order valence-corrected chi connectivity index (χ4v) is 5.15. The smallest absolute Gasteiger partial charge is 0.338 e. The second kappa shape index (κ2) is 13.1. The first-order chi connectivity index (χ1) is 17.9. The predicted molar refractivity (Wildman–Crippen MR) is 144 cm³/mol. The number of phenolic OH excluding ortho intramolecular Hbond substituents is 1. The van der Waals surface area contributed by atoms with Crippen molar-refractivity contribution in [1.29, 1.82) is 0 Å². The second-order valence-electron chi connectivity index (χ2n) is 10.3. The summed E-state index contributed by atoms with van der Waals surface area (Å²) < 4.78 is 5.62. The van der Waals surface area contributed by atoms with Gasteiger partial charge in [-0.2, -0.15) is 0 Å². The molecule has 3 aliphatic rings. The summed E-state index contributed by atoms with van der Waals surface area (Å²) >= 11 is 6.58. The Morgan fingerprint density at radius 2 is 1.89 bits per heavy atom. The van der Waals surface area contributed by atoms with Crippen LogP contribution in [0.25, 0.3) is 0 Å². The van der Waals surface area contributed by atoms with Gasteiger partial charge in [-0.3, -0.25) is 4.79 Å². The lowest BCUT2D eigenvalue weighted by molar-refractivity contribution is -0.137. The van der Waals surface area contributed by atoms with Crippen LogP contribution < -0.4 is 0 Å². The molecule has 0 atom stereocenters. The van der Waals surface area contributed by atoms with Crippen LogP contribution >= 0.6 is 11.6 Å². The van der Waals surface area contributed by atoms with Gasteiger partial charge in [0, 0.05) is 19.5 Å². The molecule has 1 aromatic carbocycles. The maximum Gasteiger partial charge on any atom is 0.338 e. The number of carbonyl (C=O) groups is 2. The zero-order valence-corrected chi connectivity index (χ0v) is 22.3. The number of phenols is 1. The van der Waals surface area contributed by atoms with E-state index >= 15 is 0 Å². The average Bonchev–Trinajstić information content (AvgIpc) is 2.84. The van der Waals surface area contributed by atoms with Crippen molar-refractivity contribution in [1.82, 2.24) is 4.90 Å². The molecule has 0 bridgehead atoms. The zero-order chi connectivity index (χ0) is 26.2. The number of hydrogen-bond acceptors (Lipinski definition) is 6. The summed E-state index contributed by atoms with van der Waals surface area (Å²) in [6, 6.07) is 1.61. The van der Waals surface area contributed by atoms with Crippen LogP contribution in [-0.4, -0.2) is 53.9 Å². The van der Waals surface area contributed by atoms with Crippen molar-refractivity contribution >= 4 is 29.2 Å². The summed E-state index contributed by atoms with van der Waals surface area (Å²) in [4.78, 5) is 33.2. The van der Waals surface area contributed by atoms with E-state index in [1.54, 1.807) is 6.07 Å². The van der Waals surface area contributed by atoms with E-state index in [9.17, 15) is 14.7 Å². The number of esters is 1. The quantitative estimate of drug-likeness (QED) is 0.297. The molecule has 1 amide bonds. The van der Waals surface area contributed by atoms with E-state index in [1.165, 1.54) is 0 Å². The minimum atomic E-state index is -0.442. The lowest BCUT2D eigenvalue weighted by Gasteiger charge is -2.29. The molecule has 1 saturated carbocycles. The lowest BCUT2D eigenvalue weighted by atomic mass is 9.76. The highest BCUT2D eigenvalue weighted by Gasteiger charge is 2.31. The number of aromatic hydroxyl groups is 1. The number of piperidine rings is 1. The van der Waals surface area contributed by atoms with E-state index in [0.29, 0.717) is 29.2 Å². The Labute approximate surface area is 224 Å². The van der Waals surface area contributed by atoms with Gasteiger partial charge in [0.15, 0.2) is 6.61 Å². The molecule has 4 rings (SSSR count). The van der Waals surface area contributed by atoms with Crippen molar-refractivity contribution in [3.05, 3.63) is 52.1 Å². The van der Waals surface area contributed by atoms with Gasteiger partial charge in [0.2, 0.25) is 0 Å². The van der Waals surface area contributed by atoms with Crippen LogP contribution in [-0.2, 0) is 20.8 Å². The van der Waals surface area contributed by atoms with Crippen LogP contribution in [0.3, 0.4) is 0 Å². The van der Waals surface area contributed by atoms with Crippen LogP contribution in [0.15, 0.2) is 35.5 Å². The number of ether oxygens (including phenoxy) is 1. The number of rotatable bonds is 4. The summed E-state index contributed by atoms with van der Waals surface area (Å²) in [7, 11) is 0. The lowest BCUT2D eigenvalue weighted by Crippen LogP contribution is -2.39. The first-order valence-electron chi connectivity index (χ1n) is 13.4. The molecule has 1 aromatic rings. The van der Waals surface area contributed by atoms with Crippen LogP contribution in [0.2, 0.25) is 5.02 Å². The van der Waals surface area contributed by atoms with Gasteiger partial charge in [-0.15, -0.1) is 0 Å². The molecule has 0 spiro atoms. The standard InChI is InChI=1S/C29H37ClN2O5/c1-20-12-14-32(15-13-20)26(34)19-37-31-22-11-6-4-2-3-5-7-16-36-29(35)27-23(21-9-8-10-21)18-25(33)28(30)24(27)17-22/h3,5-6,11,18,20-21,33H,2,4,7-10,12-17,19H2,1H3/b5-3+,11-6+,31-22-. The van der Waals surface area contributed by atoms with Gasteiger partial charge in [-0.05, 0) is 80.1 Å². The Morgan fingerprint density at radius 1 is 1.16 bits per heavy atom. The van der Waals surface area contributed by atoms with Gasteiger partial charge in [-0.25, -0.2) is 4.79 Å².